The molecule has 0 radical (unpaired) electrons. The zero-order valence-corrected chi connectivity index (χ0v) is 28.7. The molecule has 2 aliphatic heterocycles. The molecule has 0 aromatic heterocycles. The van der Waals surface area contributed by atoms with E-state index in [1.54, 1.807) is 18.2 Å². The average Bonchev–Trinajstić information content (AvgIpc) is 3.05. The molecule has 3 aromatic rings. The Hall–Kier alpha value is 1.20. The number of hydrogen-bond donors (Lipinski definition) is 2. The number of hydrogen-bond acceptors (Lipinski definition) is 5. The maximum Gasteiger partial charge on any atom is 0.341 e. The van der Waals surface area contributed by atoms with E-state index in [1.165, 1.54) is 0 Å². The number of carbonyl (C=O) groups is 1. The molecule has 0 atom stereocenters. The summed E-state index contributed by atoms with van der Waals surface area (Å²) in [7, 11) is 0. The molecule has 2 aliphatic rings. The number of phenolic OH excluding ortho intramolecular Hbond substituents is 2. The Kier molecular flexibility index (Phi) is 6.72. The van der Waals surface area contributed by atoms with Gasteiger partial charge in [-0.1, -0.05) is 11.6 Å². The summed E-state index contributed by atoms with van der Waals surface area (Å²) in [5, 5.41) is 21.6. The highest BCUT2D eigenvalue weighted by Crippen LogP contribution is 2.61. The SMILES string of the molecule is O=C1OC2(c3cc(I)c(O)c(I)c3Oc3c2cc(I)c(O)c3I)c2c(I)c(I)cc(Cl)c21. The van der Waals surface area contributed by atoms with E-state index in [0.717, 1.165) is 7.14 Å². The smallest absolute Gasteiger partial charge is 0.341 e. The Labute approximate surface area is 268 Å². The second-order valence-electron chi connectivity index (χ2n) is 6.87. The summed E-state index contributed by atoms with van der Waals surface area (Å²) in [4.78, 5) is 13.3. The Morgan fingerprint density at radius 1 is 0.781 bits per heavy atom. The molecule has 0 saturated carbocycles. The third kappa shape index (κ3) is 3.35. The van der Waals surface area contributed by atoms with Gasteiger partial charge in [0.05, 0.1) is 36.0 Å². The Balaban J connectivity index is 2.05. The first kappa shape index (κ1) is 24.9. The van der Waals surface area contributed by atoms with Crippen molar-refractivity contribution in [2.45, 2.75) is 5.60 Å². The highest BCUT2D eigenvalue weighted by molar-refractivity contribution is 14.1. The molecule has 12 heteroatoms. The van der Waals surface area contributed by atoms with Crippen LogP contribution in [0.15, 0.2) is 18.2 Å². The van der Waals surface area contributed by atoms with Crippen molar-refractivity contribution in [1.82, 2.24) is 0 Å². The fourth-order valence-electron chi connectivity index (χ4n) is 3.90. The third-order valence-corrected chi connectivity index (χ3v) is 12.2. The second kappa shape index (κ2) is 8.65. The van der Waals surface area contributed by atoms with Crippen LogP contribution in [0.1, 0.15) is 27.0 Å². The van der Waals surface area contributed by atoms with E-state index in [0.29, 0.717) is 53.1 Å². The molecule has 164 valence electrons. The number of ether oxygens (including phenoxy) is 2. The van der Waals surface area contributed by atoms with Gasteiger partial charge in [-0.25, -0.2) is 4.79 Å². The lowest BCUT2D eigenvalue weighted by molar-refractivity contribution is 0.0221. The van der Waals surface area contributed by atoms with Crippen LogP contribution in [0, 0.1) is 21.4 Å². The van der Waals surface area contributed by atoms with Gasteiger partial charge in [-0.2, -0.15) is 0 Å². The van der Waals surface area contributed by atoms with Crippen molar-refractivity contribution in [3.05, 3.63) is 66.9 Å². The van der Waals surface area contributed by atoms with Crippen molar-refractivity contribution in [1.29, 1.82) is 0 Å². The van der Waals surface area contributed by atoms with Crippen LogP contribution < -0.4 is 4.74 Å². The van der Waals surface area contributed by atoms with Crippen LogP contribution in [0.4, 0.5) is 0 Å². The number of carbonyl (C=O) groups excluding carboxylic acids is 1. The van der Waals surface area contributed by atoms with E-state index in [4.69, 9.17) is 21.1 Å². The first-order valence-corrected chi connectivity index (χ1v) is 15.4. The summed E-state index contributed by atoms with van der Waals surface area (Å²) in [5.74, 6) is 0.373. The monoisotopic (exact) mass is 1120 g/mol. The number of halogens is 7. The quantitative estimate of drug-likeness (QED) is 0.136. The van der Waals surface area contributed by atoms with E-state index >= 15 is 0 Å². The number of esters is 1. The minimum absolute atomic E-state index is 0.0770. The first-order valence-electron chi connectivity index (χ1n) is 8.52. The minimum Gasteiger partial charge on any atom is -0.506 e. The molecule has 2 heterocycles. The maximum atomic E-state index is 13.3. The number of aromatic hydroxyl groups is 2. The molecule has 5 rings (SSSR count). The topological polar surface area (TPSA) is 76.0 Å². The molecule has 0 amide bonds. The predicted octanol–water partition coefficient (Wildman–Crippen LogP) is 7.95. The van der Waals surface area contributed by atoms with Crippen LogP contribution in [-0.2, 0) is 10.3 Å². The van der Waals surface area contributed by atoms with Gasteiger partial charge in [0.1, 0.15) is 11.5 Å². The predicted molar refractivity (Wildman–Crippen MR) is 169 cm³/mol. The van der Waals surface area contributed by atoms with Crippen molar-refractivity contribution in [3.8, 4) is 23.0 Å². The highest BCUT2D eigenvalue weighted by Gasteiger charge is 2.57. The third-order valence-electron chi connectivity index (χ3n) is 5.23. The highest BCUT2D eigenvalue weighted by atomic mass is 127. The lowest BCUT2D eigenvalue weighted by atomic mass is 9.77. The zero-order valence-electron chi connectivity index (χ0n) is 15.0. The van der Waals surface area contributed by atoms with Gasteiger partial charge in [-0.3, -0.25) is 0 Å². The van der Waals surface area contributed by atoms with E-state index in [2.05, 4.69) is 45.2 Å². The van der Waals surface area contributed by atoms with Crippen LogP contribution in [-0.4, -0.2) is 16.2 Å². The van der Waals surface area contributed by atoms with Gasteiger partial charge in [-0.15, -0.1) is 0 Å². The van der Waals surface area contributed by atoms with Crippen molar-refractivity contribution in [2.75, 3.05) is 0 Å². The van der Waals surface area contributed by atoms with Crippen molar-refractivity contribution < 1.29 is 24.5 Å². The molecule has 5 nitrogen and oxygen atoms in total. The van der Waals surface area contributed by atoms with Gasteiger partial charge in [0.25, 0.3) is 0 Å². The van der Waals surface area contributed by atoms with E-state index < -0.39 is 11.6 Å². The van der Waals surface area contributed by atoms with Crippen molar-refractivity contribution >= 4 is 153 Å². The lowest BCUT2D eigenvalue weighted by Crippen LogP contribution is -2.35. The van der Waals surface area contributed by atoms with Crippen LogP contribution in [0.5, 0.6) is 23.0 Å². The molecule has 0 unspecified atom stereocenters. The van der Waals surface area contributed by atoms with Crippen molar-refractivity contribution in [3.63, 3.8) is 0 Å². The van der Waals surface area contributed by atoms with Gasteiger partial charge in [0.15, 0.2) is 17.1 Å². The Bertz CT molecular complexity index is 1340. The summed E-state index contributed by atoms with van der Waals surface area (Å²) in [6.45, 7) is 0. The molecule has 0 aliphatic carbocycles. The fraction of sp³-hybridized carbons (Fsp3) is 0.0500. The van der Waals surface area contributed by atoms with Crippen molar-refractivity contribution in [2.24, 2.45) is 0 Å². The number of rotatable bonds is 0. The van der Waals surface area contributed by atoms with E-state index in [-0.39, 0.29) is 11.5 Å². The van der Waals surface area contributed by atoms with Gasteiger partial charge >= 0.3 is 5.97 Å². The Morgan fingerprint density at radius 3 is 1.78 bits per heavy atom. The fourth-order valence-corrected chi connectivity index (χ4v) is 9.33. The molecule has 0 bridgehead atoms. The second-order valence-corrected chi connectivity index (χ2v) is 14.0. The molecule has 2 N–H and O–H groups in total. The molecule has 0 fully saturated rings. The van der Waals surface area contributed by atoms with Crippen LogP contribution in [0.2, 0.25) is 5.02 Å². The largest absolute Gasteiger partial charge is 0.506 e. The van der Waals surface area contributed by atoms with E-state index in [9.17, 15) is 15.0 Å². The van der Waals surface area contributed by atoms with Gasteiger partial charge in [0, 0.05) is 12.7 Å². The standard InChI is InChI=1S/C20H5ClI6O5/c21-6-3-7(22)12(25)11-10(6)19(30)32-20(11)4-1-8(23)15(28)13(26)17(4)31-18-5(20)2-9(24)16(29)14(18)27/h1-3,28-29H. The van der Waals surface area contributed by atoms with Crippen LogP contribution in [0.25, 0.3) is 0 Å². The number of phenols is 2. The molecule has 0 saturated heterocycles. The summed E-state index contributed by atoms with van der Waals surface area (Å²) < 4.78 is 16.4. The molecule has 1 spiro atoms. The first-order chi connectivity index (χ1) is 15.0. The van der Waals surface area contributed by atoms with E-state index in [1.807, 2.05) is 90.4 Å². The summed E-state index contributed by atoms with van der Waals surface area (Å²) in [5.41, 5.74) is 0.790. The lowest BCUT2D eigenvalue weighted by Gasteiger charge is -2.38. The van der Waals surface area contributed by atoms with Gasteiger partial charge in [-0.05, 0) is 154 Å². The van der Waals surface area contributed by atoms with Crippen LogP contribution in [0.3, 0.4) is 0 Å². The normalized spacial score (nSPS) is 15.2. The minimum atomic E-state index is -1.35. The molecule has 3 aromatic carbocycles. The summed E-state index contributed by atoms with van der Waals surface area (Å²) in [6.07, 6.45) is 0. The summed E-state index contributed by atoms with van der Waals surface area (Å²) >= 11 is 19.1. The number of fused-ring (bicyclic) bond motifs is 6. The van der Waals surface area contributed by atoms with Gasteiger partial charge < -0.3 is 19.7 Å². The average molecular weight is 1120 g/mol. The maximum absolute atomic E-state index is 13.3. The zero-order chi connectivity index (χ0) is 23.3. The molecule has 32 heavy (non-hydrogen) atoms. The Morgan fingerprint density at radius 2 is 1.28 bits per heavy atom. The van der Waals surface area contributed by atoms with Crippen LogP contribution >= 0.6 is 147 Å². The summed E-state index contributed by atoms with van der Waals surface area (Å²) in [6, 6.07) is 5.29. The van der Waals surface area contributed by atoms with Gasteiger partial charge in [0.2, 0.25) is 0 Å². The number of benzene rings is 3. The molecular formula is C20H5ClI6O5. The molecular weight excluding hydrogens is 1120 g/mol.